The summed E-state index contributed by atoms with van der Waals surface area (Å²) in [5.74, 6) is 1.68. The van der Waals surface area contributed by atoms with E-state index in [2.05, 4.69) is 25.9 Å². The van der Waals surface area contributed by atoms with Gasteiger partial charge in [-0.3, -0.25) is 4.79 Å². The van der Waals surface area contributed by atoms with Crippen LogP contribution in [0.1, 0.15) is 12.5 Å². The van der Waals surface area contributed by atoms with Gasteiger partial charge in [0.15, 0.2) is 11.5 Å². The zero-order valence-electron chi connectivity index (χ0n) is 15.8. The summed E-state index contributed by atoms with van der Waals surface area (Å²) >= 11 is 3.58. The van der Waals surface area contributed by atoms with Crippen LogP contribution in [0.2, 0.25) is 0 Å². The lowest BCUT2D eigenvalue weighted by Crippen LogP contribution is -2.09. The fraction of sp³-hybridized carbons (Fsp3) is 0.130. The lowest BCUT2D eigenvalue weighted by Gasteiger charge is -2.15. The van der Waals surface area contributed by atoms with Crippen molar-refractivity contribution in [2.24, 2.45) is 0 Å². The highest BCUT2D eigenvalue weighted by Gasteiger charge is 2.15. The number of hydrogen-bond acceptors (Lipinski definition) is 4. The van der Waals surface area contributed by atoms with Gasteiger partial charge in [-0.2, -0.15) is 0 Å². The Hall–Kier alpha value is -3.12. The number of aromatic nitrogens is 2. The number of halogens is 1. The minimum absolute atomic E-state index is 0.177. The van der Waals surface area contributed by atoms with Gasteiger partial charge in [0.05, 0.1) is 22.0 Å². The fourth-order valence-corrected chi connectivity index (χ4v) is 3.62. The van der Waals surface area contributed by atoms with Crippen LogP contribution in [0.4, 0.5) is 0 Å². The molecular formula is C23H19BrN2O3. The molecule has 1 aromatic heterocycles. The third kappa shape index (κ3) is 4.17. The number of ether oxygens (including phenoxy) is 2. The Morgan fingerprint density at radius 3 is 2.55 bits per heavy atom. The van der Waals surface area contributed by atoms with Gasteiger partial charge in [-0.1, -0.05) is 42.5 Å². The summed E-state index contributed by atoms with van der Waals surface area (Å²) in [5.41, 5.74) is 2.26. The van der Waals surface area contributed by atoms with Crippen LogP contribution in [0.15, 0.2) is 76.0 Å². The van der Waals surface area contributed by atoms with Crippen LogP contribution in [0.3, 0.4) is 0 Å². The van der Waals surface area contributed by atoms with Crippen LogP contribution in [0, 0.1) is 0 Å². The Bertz CT molecular complexity index is 1210. The summed E-state index contributed by atoms with van der Waals surface area (Å²) in [6.45, 7) is 2.82. The summed E-state index contributed by atoms with van der Waals surface area (Å²) in [6.07, 6.45) is 0. The molecule has 0 spiro atoms. The second kappa shape index (κ2) is 8.49. The van der Waals surface area contributed by atoms with E-state index in [0.717, 1.165) is 15.6 Å². The lowest BCUT2D eigenvalue weighted by molar-refractivity contribution is 0.268. The third-order valence-electron chi connectivity index (χ3n) is 4.42. The molecule has 0 aliphatic heterocycles. The summed E-state index contributed by atoms with van der Waals surface area (Å²) < 4.78 is 12.6. The van der Waals surface area contributed by atoms with Crippen molar-refractivity contribution in [3.8, 4) is 22.9 Å². The molecule has 0 aliphatic carbocycles. The normalized spacial score (nSPS) is 10.8. The van der Waals surface area contributed by atoms with Crippen molar-refractivity contribution in [1.29, 1.82) is 0 Å². The number of fused-ring (bicyclic) bond motifs is 1. The molecule has 3 aromatic carbocycles. The maximum atomic E-state index is 12.4. The number of rotatable bonds is 6. The molecule has 0 atom stereocenters. The summed E-state index contributed by atoms with van der Waals surface area (Å²) in [7, 11) is 0. The minimum atomic E-state index is -0.177. The Kier molecular flexibility index (Phi) is 5.62. The molecule has 4 aromatic rings. The van der Waals surface area contributed by atoms with Crippen LogP contribution in [0.25, 0.3) is 22.3 Å². The topological polar surface area (TPSA) is 64.2 Å². The number of hydrogen-bond donors (Lipinski definition) is 1. The average Bonchev–Trinajstić information content (AvgIpc) is 2.74. The van der Waals surface area contributed by atoms with Crippen molar-refractivity contribution < 1.29 is 9.47 Å². The molecule has 0 radical (unpaired) electrons. The third-order valence-corrected chi connectivity index (χ3v) is 5.01. The predicted molar refractivity (Wildman–Crippen MR) is 117 cm³/mol. The van der Waals surface area contributed by atoms with Crippen LogP contribution < -0.4 is 15.0 Å². The number of nitrogens with one attached hydrogen (secondary N) is 1. The van der Waals surface area contributed by atoms with Gasteiger partial charge < -0.3 is 14.5 Å². The largest absolute Gasteiger partial charge is 0.490 e. The molecule has 0 saturated heterocycles. The molecule has 0 saturated carbocycles. The van der Waals surface area contributed by atoms with Gasteiger partial charge in [-0.15, -0.1) is 0 Å². The monoisotopic (exact) mass is 450 g/mol. The van der Waals surface area contributed by atoms with E-state index in [1.54, 1.807) is 6.07 Å². The highest BCUT2D eigenvalue weighted by atomic mass is 79.9. The average molecular weight is 451 g/mol. The minimum Gasteiger partial charge on any atom is -0.490 e. The SMILES string of the molecule is CCOc1cc(-c2nc3ccccc3c(=O)[nH]2)cc(Br)c1OCc1ccccc1. The molecule has 5 nitrogen and oxygen atoms in total. The van der Waals surface area contributed by atoms with Gasteiger partial charge in [-0.25, -0.2) is 4.98 Å². The van der Waals surface area contributed by atoms with Gasteiger partial charge in [0.25, 0.3) is 5.56 Å². The summed E-state index contributed by atoms with van der Waals surface area (Å²) in [6, 6.07) is 20.9. The number of aromatic amines is 1. The molecule has 1 heterocycles. The Morgan fingerprint density at radius 2 is 1.76 bits per heavy atom. The van der Waals surface area contributed by atoms with Crippen molar-refractivity contribution in [2.75, 3.05) is 6.61 Å². The smallest absolute Gasteiger partial charge is 0.259 e. The molecule has 0 fully saturated rings. The van der Waals surface area contributed by atoms with E-state index in [-0.39, 0.29) is 5.56 Å². The molecule has 6 heteroatoms. The Morgan fingerprint density at radius 1 is 1.00 bits per heavy atom. The van der Waals surface area contributed by atoms with E-state index in [4.69, 9.17) is 9.47 Å². The first-order valence-corrected chi connectivity index (χ1v) is 10.1. The Balaban J connectivity index is 1.73. The van der Waals surface area contributed by atoms with E-state index in [1.165, 1.54) is 0 Å². The van der Waals surface area contributed by atoms with Crippen LogP contribution in [-0.2, 0) is 6.61 Å². The van der Waals surface area contributed by atoms with E-state index in [1.807, 2.05) is 67.6 Å². The number of para-hydroxylation sites is 1. The molecule has 0 aliphatic rings. The maximum Gasteiger partial charge on any atom is 0.259 e. The molecule has 0 bridgehead atoms. The summed E-state index contributed by atoms with van der Waals surface area (Å²) in [4.78, 5) is 19.9. The van der Waals surface area contributed by atoms with Gasteiger partial charge in [0.2, 0.25) is 0 Å². The second-order valence-electron chi connectivity index (χ2n) is 6.42. The van der Waals surface area contributed by atoms with Crippen molar-refractivity contribution in [2.45, 2.75) is 13.5 Å². The van der Waals surface area contributed by atoms with Crippen LogP contribution in [-0.4, -0.2) is 16.6 Å². The van der Waals surface area contributed by atoms with Crippen molar-refractivity contribution >= 4 is 26.8 Å². The molecule has 0 amide bonds. The molecule has 4 rings (SSSR count). The fourth-order valence-electron chi connectivity index (χ4n) is 3.06. The molecule has 29 heavy (non-hydrogen) atoms. The van der Waals surface area contributed by atoms with Gasteiger partial charge in [0, 0.05) is 5.56 Å². The zero-order chi connectivity index (χ0) is 20.2. The quantitative estimate of drug-likeness (QED) is 0.431. The standard InChI is InChI=1S/C23H19BrN2O3/c1-2-28-20-13-16(22-25-19-11-7-6-10-17(19)23(27)26-22)12-18(24)21(20)29-14-15-8-4-3-5-9-15/h3-13H,2,14H2,1H3,(H,25,26,27). The Labute approximate surface area is 176 Å². The van der Waals surface area contributed by atoms with E-state index in [0.29, 0.717) is 41.4 Å². The van der Waals surface area contributed by atoms with Crippen LogP contribution >= 0.6 is 15.9 Å². The second-order valence-corrected chi connectivity index (χ2v) is 7.28. The summed E-state index contributed by atoms with van der Waals surface area (Å²) in [5, 5.41) is 0.558. The van der Waals surface area contributed by atoms with Gasteiger partial charge in [-0.05, 0) is 52.7 Å². The van der Waals surface area contributed by atoms with E-state index < -0.39 is 0 Å². The highest BCUT2D eigenvalue weighted by Crippen LogP contribution is 2.39. The van der Waals surface area contributed by atoms with Gasteiger partial charge >= 0.3 is 0 Å². The number of nitrogens with zero attached hydrogens (tertiary/aromatic N) is 1. The first kappa shape index (κ1) is 19.2. The number of H-pyrrole nitrogens is 1. The van der Waals surface area contributed by atoms with Crippen molar-refractivity contribution in [3.05, 3.63) is 87.1 Å². The molecule has 1 N–H and O–H groups in total. The van der Waals surface area contributed by atoms with E-state index in [9.17, 15) is 4.79 Å². The highest BCUT2D eigenvalue weighted by molar-refractivity contribution is 9.10. The van der Waals surface area contributed by atoms with Crippen molar-refractivity contribution in [3.63, 3.8) is 0 Å². The lowest BCUT2D eigenvalue weighted by atomic mass is 10.1. The van der Waals surface area contributed by atoms with Crippen LogP contribution in [0.5, 0.6) is 11.5 Å². The molecular weight excluding hydrogens is 432 g/mol. The first-order valence-electron chi connectivity index (χ1n) is 9.28. The molecule has 0 unspecified atom stereocenters. The maximum absolute atomic E-state index is 12.4. The molecule has 146 valence electrons. The first-order chi connectivity index (χ1) is 14.2. The van der Waals surface area contributed by atoms with Crippen molar-refractivity contribution in [1.82, 2.24) is 9.97 Å². The van der Waals surface area contributed by atoms with Gasteiger partial charge in [0.1, 0.15) is 12.4 Å². The predicted octanol–water partition coefficient (Wildman–Crippen LogP) is 5.33. The zero-order valence-corrected chi connectivity index (χ0v) is 17.4. The van der Waals surface area contributed by atoms with E-state index >= 15 is 0 Å². The number of benzene rings is 3.